The van der Waals surface area contributed by atoms with Crippen LogP contribution >= 0.6 is 11.2 Å². The van der Waals surface area contributed by atoms with Gasteiger partial charge < -0.3 is 14.5 Å². The summed E-state index contributed by atoms with van der Waals surface area (Å²) in [5.41, 5.74) is -2.25. The first-order chi connectivity index (χ1) is 23.8. The standard InChI is InChI=1S/C34H41F9N4O2S2/c1-5-46(20-24-8-6-22(2)7-9-24)31-11-10-27(33(35,36)37)15-26(31)21-47(32-44-18-29(19-45-32)49-12-13-50(4)48)23(3)25-14-28(34(38,39)40)17-30(16-25)51(41,42)43/h10-11,14-19,22-24H,5-9,12-13,20-21H2,1-4H3/t22?,23-,24?,50-/m1/s1. The molecule has 0 bridgehead atoms. The van der Waals surface area contributed by atoms with E-state index in [2.05, 4.69) is 16.9 Å². The van der Waals surface area contributed by atoms with Crippen LogP contribution in [0.4, 0.5) is 49.6 Å². The van der Waals surface area contributed by atoms with Crippen LogP contribution in [-0.4, -0.2) is 45.9 Å². The van der Waals surface area contributed by atoms with E-state index in [1.165, 1.54) is 36.5 Å². The van der Waals surface area contributed by atoms with Gasteiger partial charge in [0.25, 0.3) is 0 Å². The lowest BCUT2D eigenvalue weighted by molar-refractivity contribution is -0.138. The largest absolute Gasteiger partial charge is 0.489 e. The molecule has 0 radical (unpaired) electrons. The maximum absolute atomic E-state index is 14.1. The topological polar surface area (TPSA) is 58.6 Å². The van der Waals surface area contributed by atoms with Crippen molar-refractivity contribution in [2.45, 2.75) is 76.3 Å². The second kappa shape index (κ2) is 16.6. The molecule has 6 nitrogen and oxygen atoms in total. The molecule has 0 saturated heterocycles. The van der Waals surface area contributed by atoms with E-state index in [1.807, 2.05) is 11.8 Å². The number of anilines is 2. The van der Waals surface area contributed by atoms with Gasteiger partial charge in [-0.1, -0.05) is 19.8 Å². The van der Waals surface area contributed by atoms with Gasteiger partial charge in [0.15, 0.2) is 5.75 Å². The minimum atomic E-state index is -6.09. The highest BCUT2D eigenvalue weighted by Gasteiger charge is 2.37. The summed E-state index contributed by atoms with van der Waals surface area (Å²) < 4.78 is 143. The summed E-state index contributed by atoms with van der Waals surface area (Å²) >= 11 is -6.09. The van der Waals surface area contributed by atoms with E-state index < -0.39 is 62.9 Å². The number of rotatable bonds is 14. The highest BCUT2D eigenvalue weighted by Crippen LogP contribution is 2.61. The summed E-state index contributed by atoms with van der Waals surface area (Å²) in [6.07, 6.45) is -1.94. The van der Waals surface area contributed by atoms with E-state index in [0.29, 0.717) is 42.7 Å². The molecule has 3 aromatic rings. The molecule has 0 amide bonds. The predicted molar refractivity (Wildman–Crippen MR) is 182 cm³/mol. The molecule has 4 rings (SSSR count). The second-order valence-electron chi connectivity index (χ2n) is 12.8. The number of benzene rings is 2. The van der Waals surface area contributed by atoms with Gasteiger partial charge in [0.1, 0.15) is 0 Å². The molecule has 2 atom stereocenters. The van der Waals surface area contributed by atoms with Crippen molar-refractivity contribution in [3.05, 3.63) is 71.0 Å². The highest BCUT2D eigenvalue weighted by atomic mass is 32.3. The van der Waals surface area contributed by atoms with Gasteiger partial charge in [-0.25, -0.2) is 9.97 Å². The van der Waals surface area contributed by atoms with Crippen molar-refractivity contribution < 1.29 is 46.9 Å². The zero-order valence-corrected chi connectivity index (χ0v) is 30.2. The van der Waals surface area contributed by atoms with Crippen molar-refractivity contribution in [3.8, 4) is 5.75 Å². The van der Waals surface area contributed by atoms with Crippen molar-refractivity contribution in [2.75, 3.05) is 41.5 Å². The van der Waals surface area contributed by atoms with Crippen LogP contribution in [0.5, 0.6) is 5.75 Å². The Balaban J connectivity index is 1.83. The van der Waals surface area contributed by atoms with Crippen LogP contribution in [0.25, 0.3) is 0 Å². The number of halogens is 9. The molecule has 51 heavy (non-hydrogen) atoms. The SMILES string of the molecule is CCN(CC1CCC(C)CC1)c1ccc(C(F)(F)F)cc1CN(c1ncc(OCC[S@@](C)=O)cn1)[C@H](C)c1cc(C(F)(F)F)cc(S(F)(F)F)c1. The molecular formula is C34H41F9N4O2S2. The van der Waals surface area contributed by atoms with Gasteiger partial charge >= 0.3 is 12.4 Å². The summed E-state index contributed by atoms with van der Waals surface area (Å²) in [6, 6.07) is 3.29. The summed E-state index contributed by atoms with van der Waals surface area (Å²) in [7, 11) is -1.15. The molecule has 284 valence electrons. The average Bonchev–Trinajstić information content (AvgIpc) is 3.05. The third-order valence-corrected chi connectivity index (χ3v) is 10.6. The van der Waals surface area contributed by atoms with Crippen molar-refractivity contribution in [3.63, 3.8) is 0 Å². The molecule has 0 N–H and O–H groups in total. The van der Waals surface area contributed by atoms with Crippen LogP contribution < -0.4 is 14.5 Å². The Morgan fingerprint density at radius 1 is 0.941 bits per heavy atom. The zero-order valence-electron chi connectivity index (χ0n) is 28.5. The maximum Gasteiger partial charge on any atom is 0.416 e. The van der Waals surface area contributed by atoms with Gasteiger partial charge in [-0.2, -0.15) is 26.3 Å². The fraction of sp³-hybridized carbons (Fsp3) is 0.529. The van der Waals surface area contributed by atoms with E-state index in [1.54, 1.807) is 0 Å². The molecule has 1 aromatic heterocycles. The number of ether oxygens (including phenoxy) is 1. The molecule has 1 saturated carbocycles. The minimum Gasteiger partial charge on any atom is -0.489 e. The fourth-order valence-corrected chi connectivity index (χ4v) is 6.98. The number of hydrogen-bond acceptors (Lipinski definition) is 6. The van der Waals surface area contributed by atoms with Gasteiger partial charge in [0, 0.05) is 42.4 Å². The van der Waals surface area contributed by atoms with Crippen LogP contribution in [0.3, 0.4) is 0 Å². The number of alkyl halides is 6. The molecule has 17 heteroatoms. The lowest BCUT2D eigenvalue weighted by Crippen LogP contribution is -2.34. The first-order valence-corrected chi connectivity index (χ1v) is 19.4. The van der Waals surface area contributed by atoms with Crippen LogP contribution in [0, 0.1) is 11.8 Å². The molecule has 1 fully saturated rings. The summed E-state index contributed by atoms with van der Waals surface area (Å²) in [6.45, 7) is 6.06. The second-order valence-corrected chi connectivity index (χ2v) is 15.7. The summed E-state index contributed by atoms with van der Waals surface area (Å²) in [5.74, 6) is 1.06. The monoisotopic (exact) mass is 772 g/mol. The molecule has 1 heterocycles. The Kier molecular flexibility index (Phi) is 13.2. The van der Waals surface area contributed by atoms with Gasteiger partial charge in [0.2, 0.25) is 17.1 Å². The van der Waals surface area contributed by atoms with E-state index in [-0.39, 0.29) is 41.3 Å². The van der Waals surface area contributed by atoms with Gasteiger partial charge in [-0.15, -0.1) is 11.7 Å². The van der Waals surface area contributed by atoms with Gasteiger partial charge in [-0.3, -0.25) is 4.21 Å². The Bertz CT molecular complexity index is 1600. The number of aromatic nitrogens is 2. The highest BCUT2D eigenvalue weighted by molar-refractivity contribution is 8.20. The quantitative estimate of drug-likeness (QED) is 0.152. The van der Waals surface area contributed by atoms with Gasteiger partial charge in [-0.05, 0) is 86.1 Å². The Morgan fingerprint density at radius 3 is 2.12 bits per heavy atom. The van der Waals surface area contributed by atoms with E-state index in [4.69, 9.17) is 4.74 Å². The van der Waals surface area contributed by atoms with Crippen molar-refractivity contribution >= 4 is 33.6 Å². The fourth-order valence-electron chi connectivity index (χ4n) is 6.13. The third-order valence-electron chi connectivity index (χ3n) is 9.07. The number of nitrogens with zero attached hydrogens (tertiary/aromatic N) is 4. The van der Waals surface area contributed by atoms with E-state index >= 15 is 0 Å². The average molecular weight is 773 g/mol. The molecule has 0 aliphatic heterocycles. The molecule has 0 unspecified atom stereocenters. The molecule has 1 aliphatic carbocycles. The Labute approximate surface area is 296 Å². The van der Waals surface area contributed by atoms with Crippen molar-refractivity contribution in [2.24, 2.45) is 11.8 Å². The van der Waals surface area contributed by atoms with Crippen LogP contribution in [0.2, 0.25) is 0 Å². The molecule has 0 spiro atoms. The van der Waals surface area contributed by atoms with Crippen LogP contribution in [-0.2, 0) is 29.7 Å². The smallest absolute Gasteiger partial charge is 0.416 e. The molecule has 2 aromatic carbocycles. The first-order valence-electron chi connectivity index (χ1n) is 16.4. The van der Waals surface area contributed by atoms with E-state index in [0.717, 1.165) is 37.8 Å². The van der Waals surface area contributed by atoms with Crippen molar-refractivity contribution in [1.29, 1.82) is 0 Å². The van der Waals surface area contributed by atoms with Crippen molar-refractivity contribution in [1.82, 2.24) is 9.97 Å². The Hall–Kier alpha value is -3.21. The normalized spacial score (nSPS) is 18.6. The first kappa shape index (κ1) is 40.6. The van der Waals surface area contributed by atoms with Crippen LogP contribution in [0.1, 0.15) is 74.8 Å². The van der Waals surface area contributed by atoms with E-state index in [9.17, 15) is 42.2 Å². The summed E-state index contributed by atoms with van der Waals surface area (Å²) in [5, 5.41) is 0. The number of hydrogen-bond donors (Lipinski definition) is 0. The molecule has 1 aliphatic rings. The lowest BCUT2D eigenvalue weighted by Gasteiger charge is -2.35. The third kappa shape index (κ3) is 11.1. The predicted octanol–water partition coefficient (Wildman–Crippen LogP) is 10.5. The lowest BCUT2D eigenvalue weighted by atomic mass is 9.82. The van der Waals surface area contributed by atoms with Crippen LogP contribution in [0.15, 0.2) is 53.7 Å². The summed E-state index contributed by atoms with van der Waals surface area (Å²) in [4.78, 5) is 10.3. The Morgan fingerprint density at radius 2 is 1.57 bits per heavy atom. The minimum absolute atomic E-state index is 0.0535. The molecular weight excluding hydrogens is 732 g/mol. The van der Waals surface area contributed by atoms with Gasteiger partial charge in [0.05, 0.1) is 46.8 Å². The zero-order chi connectivity index (χ0) is 37.7. The maximum atomic E-state index is 14.1.